The predicted molar refractivity (Wildman–Crippen MR) is 142 cm³/mol. The lowest BCUT2D eigenvalue weighted by atomic mass is 9.76. The molecular formula is C32H36F8O3. The third-order valence-electron chi connectivity index (χ3n) is 9.39. The lowest BCUT2D eigenvalue weighted by Gasteiger charge is -2.37. The molecule has 1 saturated heterocycles. The smallest absolute Gasteiger partial charge is 0.400 e. The molecule has 0 N–H and O–H groups in total. The number of rotatable bonds is 8. The summed E-state index contributed by atoms with van der Waals surface area (Å²) >= 11 is 0. The number of halogens is 8. The predicted octanol–water partition coefficient (Wildman–Crippen LogP) is 9.60. The highest BCUT2D eigenvalue weighted by atomic mass is 19.3. The first-order chi connectivity index (χ1) is 20.4. The van der Waals surface area contributed by atoms with Gasteiger partial charge in [0.2, 0.25) is 0 Å². The Hall–Kier alpha value is -2.40. The molecule has 2 aromatic carbocycles. The molecule has 0 amide bonds. The summed E-state index contributed by atoms with van der Waals surface area (Å²) in [6.07, 6.45) is 0.496. The summed E-state index contributed by atoms with van der Waals surface area (Å²) < 4.78 is 129. The topological polar surface area (TPSA) is 27.7 Å². The molecular weight excluding hydrogens is 584 g/mol. The average Bonchev–Trinajstić information content (AvgIpc) is 2.97. The van der Waals surface area contributed by atoms with Crippen molar-refractivity contribution in [2.45, 2.75) is 82.5 Å². The van der Waals surface area contributed by atoms with Crippen LogP contribution in [0.4, 0.5) is 35.1 Å². The highest BCUT2D eigenvalue weighted by molar-refractivity contribution is 5.34. The fourth-order valence-electron chi connectivity index (χ4n) is 6.77. The SMILES string of the molecule is CC1CCC(C2COC(c3ccc(C4CCC(C(F)(F)Oc5cc(F)c(C(F)(F)CF)c(F)c5)CC4)c(F)c3)OC2)CC1. The standard InChI is InChI=1S/C32H36F8O3/c1-18-2-4-19(5-3-18)22-15-41-30(42-16-22)21-8-11-25(26(34)12-21)20-6-9-23(10-7-20)32(39,40)43-24-13-27(35)29(28(36)14-24)31(37,38)17-33/h8,11-14,18-20,22-23,30H,2-7,9-10,15-17H2,1H3. The number of hydrogen-bond donors (Lipinski definition) is 0. The molecule has 1 aliphatic heterocycles. The summed E-state index contributed by atoms with van der Waals surface area (Å²) in [5, 5.41) is 0. The van der Waals surface area contributed by atoms with E-state index in [0.717, 1.165) is 5.92 Å². The van der Waals surface area contributed by atoms with Crippen LogP contribution in [0, 0.1) is 41.1 Å². The Morgan fingerprint density at radius 2 is 1.37 bits per heavy atom. The van der Waals surface area contributed by atoms with Gasteiger partial charge in [-0.25, -0.2) is 17.6 Å². The third kappa shape index (κ3) is 7.13. The van der Waals surface area contributed by atoms with Crippen molar-refractivity contribution in [3.8, 4) is 5.75 Å². The van der Waals surface area contributed by atoms with Gasteiger partial charge in [-0.05, 0) is 67.9 Å². The first-order valence-corrected chi connectivity index (χ1v) is 14.9. The monoisotopic (exact) mass is 620 g/mol. The van der Waals surface area contributed by atoms with Crippen LogP contribution in [0.15, 0.2) is 30.3 Å². The molecule has 2 saturated carbocycles. The zero-order valence-corrected chi connectivity index (χ0v) is 23.9. The van der Waals surface area contributed by atoms with Crippen LogP contribution in [0.3, 0.4) is 0 Å². The molecule has 0 unspecified atom stereocenters. The van der Waals surface area contributed by atoms with Gasteiger partial charge in [-0.1, -0.05) is 31.9 Å². The summed E-state index contributed by atoms with van der Waals surface area (Å²) in [6, 6.07) is 5.11. The molecule has 3 nitrogen and oxygen atoms in total. The van der Waals surface area contributed by atoms with Crippen LogP contribution in [-0.2, 0) is 15.4 Å². The Labute approximate surface area is 245 Å². The van der Waals surface area contributed by atoms with E-state index in [9.17, 15) is 30.7 Å². The van der Waals surface area contributed by atoms with E-state index in [4.69, 9.17) is 9.47 Å². The quantitative estimate of drug-likeness (QED) is 0.275. The van der Waals surface area contributed by atoms with Gasteiger partial charge in [-0.3, -0.25) is 0 Å². The molecule has 1 heterocycles. The van der Waals surface area contributed by atoms with Gasteiger partial charge in [0.1, 0.15) is 23.2 Å². The lowest BCUT2D eigenvalue weighted by Crippen LogP contribution is -2.37. The summed E-state index contributed by atoms with van der Waals surface area (Å²) in [5.41, 5.74) is -0.899. The van der Waals surface area contributed by atoms with Crippen LogP contribution >= 0.6 is 0 Å². The maximum atomic E-state index is 15.2. The van der Waals surface area contributed by atoms with Crippen LogP contribution < -0.4 is 4.74 Å². The van der Waals surface area contributed by atoms with Crippen molar-refractivity contribution in [3.05, 3.63) is 64.5 Å². The van der Waals surface area contributed by atoms with E-state index in [1.54, 1.807) is 12.1 Å². The van der Waals surface area contributed by atoms with Crippen molar-refractivity contribution in [3.63, 3.8) is 0 Å². The van der Waals surface area contributed by atoms with E-state index in [0.29, 0.717) is 36.2 Å². The van der Waals surface area contributed by atoms with Crippen molar-refractivity contribution < 1.29 is 49.3 Å². The Morgan fingerprint density at radius 3 is 1.93 bits per heavy atom. The minimum Gasteiger partial charge on any atom is -0.432 e. The lowest BCUT2D eigenvalue weighted by molar-refractivity contribution is -0.222. The van der Waals surface area contributed by atoms with Crippen LogP contribution in [0.1, 0.15) is 87.2 Å². The minimum atomic E-state index is -4.45. The van der Waals surface area contributed by atoms with Gasteiger partial charge in [-0.15, -0.1) is 0 Å². The van der Waals surface area contributed by atoms with Crippen molar-refractivity contribution in [1.29, 1.82) is 0 Å². The van der Waals surface area contributed by atoms with Crippen LogP contribution in [0.5, 0.6) is 5.75 Å². The van der Waals surface area contributed by atoms with Crippen LogP contribution in [0.25, 0.3) is 0 Å². The Morgan fingerprint density at radius 1 is 0.767 bits per heavy atom. The Balaban J connectivity index is 1.15. The number of benzene rings is 2. The summed E-state index contributed by atoms with van der Waals surface area (Å²) in [7, 11) is 0. The largest absolute Gasteiger partial charge is 0.432 e. The fourth-order valence-corrected chi connectivity index (χ4v) is 6.77. The van der Waals surface area contributed by atoms with Gasteiger partial charge in [0.25, 0.3) is 0 Å². The number of alkyl halides is 5. The van der Waals surface area contributed by atoms with Crippen LogP contribution in [0.2, 0.25) is 0 Å². The van der Waals surface area contributed by atoms with Gasteiger partial charge in [0.15, 0.2) is 13.0 Å². The van der Waals surface area contributed by atoms with Crippen molar-refractivity contribution in [2.24, 2.45) is 23.7 Å². The Kier molecular flexibility index (Phi) is 9.61. The van der Waals surface area contributed by atoms with E-state index in [2.05, 4.69) is 11.7 Å². The first kappa shape index (κ1) is 32.0. The molecule has 238 valence electrons. The van der Waals surface area contributed by atoms with Crippen molar-refractivity contribution in [1.82, 2.24) is 0 Å². The maximum absolute atomic E-state index is 15.2. The fraction of sp³-hybridized carbons (Fsp3) is 0.625. The van der Waals surface area contributed by atoms with E-state index < -0.39 is 59.7 Å². The van der Waals surface area contributed by atoms with E-state index in [1.807, 2.05) is 0 Å². The minimum absolute atomic E-state index is 0.0714. The van der Waals surface area contributed by atoms with Crippen molar-refractivity contribution in [2.75, 3.05) is 19.9 Å². The zero-order chi connectivity index (χ0) is 30.9. The van der Waals surface area contributed by atoms with Gasteiger partial charge >= 0.3 is 12.0 Å². The van der Waals surface area contributed by atoms with E-state index in [-0.39, 0.29) is 43.7 Å². The number of hydrogen-bond acceptors (Lipinski definition) is 3. The molecule has 43 heavy (non-hydrogen) atoms. The van der Waals surface area contributed by atoms with Gasteiger partial charge in [0, 0.05) is 23.6 Å². The molecule has 2 aliphatic carbocycles. The van der Waals surface area contributed by atoms with Gasteiger partial charge < -0.3 is 14.2 Å². The van der Waals surface area contributed by atoms with Crippen molar-refractivity contribution >= 4 is 0 Å². The second kappa shape index (κ2) is 12.9. The first-order valence-electron chi connectivity index (χ1n) is 14.9. The Bertz CT molecular complexity index is 1220. The second-order valence-corrected chi connectivity index (χ2v) is 12.4. The normalized spacial score (nSPS) is 29.0. The molecule has 2 aromatic rings. The third-order valence-corrected chi connectivity index (χ3v) is 9.39. The maximum Gasteiger partial charge on any atom is 0.400 e. The highest BCUT2D eigenvalue weighted by Crippen LogP contribution is 2.45. The molecule has 3 aliphatic rings. The van der Waals surface area contributed by atoms with E-state index >= 15 is 4.39 Å². The number of ether oxygens (including phenoxy) is 3. The van der Waals surface area contributed by atoms with E-state index in [1.165, 1.54) is 31.7 Å². The zero-order valence-electron chi connectivity index (χ0n) is 23.9. The second-order valence-electron chi connectivity index (χ2n) is 12.4. The average molecular weight is 621 g/mol. The molecule has 0 spiro atoms. The molecule has 11 heteroatoms. The summed E-state index contributed by atoms with van der Waals surface area (Å²) in [5.74, 6) is -9.72. The molecule has 3 fully saturated rings. The summed E-state index contributed by atoms with van der Waals surface area (Å²) in [4.78, 5) is 0. The van der Waals surface area contributed by atoms with Gasteiger partial charge in [-0.2, -0.15) is 17.6 Å². The molecule has 0 radical (unpaired) electrons. The molecule has 0 aromatic heterocycles. The van der Waals surface area contributed by atoms with Gasteiger partial charge in [0.05, 0.1) is 24.7 Å². The molecule has 0 bridgehead atoms. The molecule has 5 rings (SSSR count). The highest BCUT2D eigenvalue weighted by Gasteiger charge is 2.45. The van der Waals surface area contributed by atoms with Crippen LogP contribution in [-0.4, -0.2) is 26.0 Å². The summed E-state index contributed by atoms with van der Waals surface area (Å²) in [6.45, 7) is 1.03. The molecule has 0 atom stereocenters.